The van der Waals surface area contributed by atoms with E-state index in [1.54, 1.807) is 29.2 Å². The zero-order valence-electron chi connectivity index (χ0n) is 12.1. The summed E-state index contributed by atoms with van der Waals surface area (Å²) in [5.74, 6) is -0.613. The van der Waals surface area contributed by atoms with Gasteiger partial charge in [-0.1, -0.05) is 11.6 Å². The van der Waals surface area contributed by atoms with Crippen LogP contribution in [0.2, 0.25) is 5.02 Å². The number of hydrogen-bond acceptors (Lipinski definition) is 5. The molecule has 24 heavy (non-hydrogen) atoms. The summed E-state index contributed by atoms with van der Waals surface area (Å²) in [5, 5.41) is 24.0. The molecule has 0 saturated carbocycles. The van der Waals surface area contributed by atoms with E-state index in [4.69, 9.17) is 11.6 Å². The molecule has 0 radical (unpaired) electrons. The Hall–Kier alpha value is -3.20. The van der Waals surface area contributed by atoms with Gasteiger partial charge in [0.05, 0.1) is 16.8 Å². The van der Waals surface area contributed by atoms with Crippen molar-refractivity contribution >= 4 is 23.2 Å². The minimum absolute atomic E-state index is 0.169. The molecule has 2 heterocycles. The number of nitro groups is 1. The van der Waals surface area contributed by atoms with Crippen LogP contribution in [-0.4, -0.2) is 30.8 Å². The van der Waals surface area contributed by atoms with E-state index in [0.717, 1.165) is 17.4 Å². The van der Waals surface area contributed by atoms with Crippen LogP contribution in [0, 0.1) is 10.1 Å². The fourth-order valence-corrected chi connectivity index (χ4v) is 2.17. The topological polar surface area (TPSA) is 119 Å². The van der Waals surface area contributed by atoms with E-state index in [-0.39, 0.29) is 17.9 Å². The average Bonchev–Trinajstić information content (AvgIpc) is 3.22. The molecule has 0 fully saturated rings. The maximum Gasteiger partial charge on any atom is 0.319 e. The van der Waals surface area contributed by atoms with Crippen molar-refractivity contribution in [3.8, 4) is 5.69 Å². The molecule has 0 aliphatic heterocycles. The predicted octanol–water partition coefficient (Wildman–Crippen LogP) is 2.09. The first kappa shape index (κ1) is 15.7. The lowest BCUT2D eigenvalue weighted by Crippen LogP contribution is -2.23. The fourth-order valence-electron chi connectivity index (χ4n) is 2.04. The molecule has 0 unspecified atom stereocenters. The lowest BCUT2D eigenvalue weighted by Gasteiger charge is -2.02. The van der Waals surface area contributed by atoms with Crippen molar-refractivity contribution in [2.75, 3.05) is 0 Å². The number of halogens is 1. The quantitative estimate of drug-likeness (QED) is 0.541. The molecule has 9 nitrogen and oxygen atoms in total. The van der Waals surface area contributed by atoms with Crippen LogP contribution in [0.15, 0.2) is 42.9 Å². The fraction of sp³-hybridized carbons (Fsp3) is 0.0714. The second-order valence-electron chi connectivity index (χ2n) is 4.84. The maximum atomic E-state index is 12.0. The van der Waals surface area contributed by atoms with Crippen LogP contribution in [0.5, 0.6) is 0 Å². The summed E-state index contributed by atoms with van der Waals surface area (Å²) < 4.78 is 1.64. The van der Waals surface area contributed by atoms with Gasteiger partial charge in [0.15, 0.2) is 0 Å². The monoisotopic (exact) mass is 346 g/mol. The van der Waals surface area contributed by atoms with Crippen molar-refractivity contribution in [3.63, 3.8) is 0 Å². The number of aromatic amines is 1. The van der Waals surface area contributed by atoms with Crippen LogP contribution in [0.4, 0.5) is 5.69 Å². The second-order valence-corrected chi connectivity index (χ2v) is 5.28. The minimum Gasteiger partial charge on any atom is -0.346 e. The van der Waals surface area contributed by atoms with Gasteiger partial charge in [-0.15, -0.1) is 0 Å². The maximum absolute atomic E-state index is 12.0. The molecule has 0 bridgehead atoms. The average molecular weight is 347 g/mol. The van der Waals surface area contributed by atoms with Crippen molar-refractivity contribution in [2.45, 2.75) is 6.54 Å². The summed E-state index contributed by atoms with van der Waals surface area (Å²) in [6.07, 6.45) is 4.33. The molecule has 0 aliphatic carbocycles. The molecule has 0 aliphatic rings. The van der Waals surface area contributed by atoms with Gasteiger partial charge in [0, 0.05) is 23.3 Å². The number of amides is 1. The SMILES string of the molecule is O=C(NCc1cnn(-c2ccc(Cl)cc2)c1)c1[nH]ncc1[N+](=O)[O-]. The van der Waals surface area contributed by atoms with Gasteiger partial charge in [-0.25, -0.2) is 4.68 Å². The van der Waals surface area contributed by atoms with Crippen molar-refractivity contribution < 1.29 is 9.72 Å². The van der Waals surface area contributed by atoms with Crippen molar-refractivity contribution in [1.29, 1.82) is 0 Å². The number of hydrogen-bond donors (Lipinski definition) is 2. The van der Waals surface area contributed by atoms with Gasteiger partial charge < -0.3 is 5.32 Å². The lowest BCUT2D eigenvalue weighted by atomic mass is 10.3. The number of aromatic nitrogens is 4. The molecule has 1 amide bonds. The lowest BCUT2D eigenvalue weighted by molar-refractivity contribution is -0.385. The van der Waals surface area contributed by atoms with Crippen LogP contribution in [0.3, 0.4) is 0 Å². The van der Waals surface area contributed by atoms with E-state index in [1.165, 1.54) is 0 Å². The Balaban J connectivity index is 1.67. The van der Waals surface area contributed by atoms with Crippen LogP contribution >= 0.6 is 11.6 Å². The molecular formula is C14H11ClN6O3. The second kappa shape index (κ2) is 6.50. The van der Waals surface area contributed by atoms with E-state index in [0.29, 0.717) is 5.02 Å². The van der Waals surface area contributed by atoms with Crippen LogP contribution in [-0.2, 0) is 6.54 Å². The molecule has 122 valence electrons. The number of benzene rings is 1. The third-order valence-corrected chi connectivity index (χ3v) is 3.48. The number of H-pyrrole nitrogens is 1. The van der Waals surface area contributed by atoms with E-state index >= 15 is 0 Å². The normalized spacial score (nSPS) is 10.5. The highest BCUT2D eigenvalue weighted by atomic mass is 35.5. The van der Waals surface area contributed by atoms with Crippen LogP contribution in [0.1, 0.15) is 16.1 Å². The summed E-state index contributed by atoms with van der Waals surface area (Å²) in [4.78, 5) is 22.1. The van der Waals surface area contributed by atoms with E-state index in [2.05, 4.69) is 20.6 Å². The first-order chi connectivity index (χ1) is 11.5. The zero-order valence-corrected chi connectivity index (χ0v) is 12.9. The van der Waals surface area contributed by atoms with Gasteiger partial charge in [0.25, 0.3) is 5.91 Å². The predicted molar refractivity (Wildman–Crippen MR) is 85.0 cm³/mol. The summed E-state index contributed by atoms with van der Waals surface area (Å²) in [6.45, 7) is 0.169. The Morgan fingerprint density at radius 3 is 2.79 bits per heavy atom. The minimum atomic E-state index is -0.670. The molecule has 0 spiro atoms. The van der Waals surface area contributed by atoms with E-state index in [9.17, 15) is 14.9 Å². The van der Waals surface area contributed by atoms with Gasteiger partial charge >= 0.3 is 5.69 Å². The summed E-state index contributed by atoms with van der Waals surface area (Å²) in [6, 6.07) is 7.12. The number of nitrogens with one attached hydrogen (secondary N) is 2. The third kappa shape index (κ3) is 3.25. The molecule has 2 N–H and O–H groups in total. The molecule has 2 aromatic heterocycles. The van der Waals surface area contributed by atoms with Gasteiger partial charge in [0.2, 0.25) is 5.69 Å². The Morgan fingerprint density at radius 1 is 1.33 bits per heavy atom. The van der Waals surface area contributed by atoms with Crippen LogP contribution in [0.25, 0.3) is 5.69 Å². The van der Waals surface area contributed by atoms with Crippen molar-refractivity contribution in [1.82, 2.24) is 25.3 Å². The Bertz CT molecular complexity index is 886. The Morgan fingerprint density at radius 2 is 2.08 bits per heavy atom. The van der Waals surface area contributed by atoms with Crippen molar-refractivity contribution in [2.24, 2.45) is 0 Å². The van der Waals surface area contributed by atoms with Crippen LogP contribution < -0.4 is 5.32 Å². The number of rotatable bonds is 5. The molecule has 0 atom stereocenters. The standard InChI is InChI=1S/C14H11ClN6O3/c15-10-1-3-11(4-2-10)20-8-9(6-18-20)5-16-14(22)13-12(21(23)24)7-17-19-13/h1-4,6-8H,5H2,(H,16,22)(H,17,19). The first-order valence-electron chi connectivity index (χ1n) is 6.80. The van der Waals surface area contributed by atoms with Gasteiger partial charge in [0.1, 0.15) is 6.20 Å². The molecule has 3 aromatic rings. The zero-order chi connectivity index (χ0) is 17.1. The molecule has 10 heteroatoms. The molecule has 3 rings (SSSR count). The largest absolute Gasteiger partial charge is 0.346 e. The third-order valence-electron chi connectivity index (χ3n) is 3.22. The smallest absolute Gasteiger partial charge is 0.319 e. The number of carbonyl (C=O) groups is 1. The highest BCUT2D eigenvalue weighted by Gasteiger charge is 2.22. The Kier molecular flexibility index (Phi) is 4.25. The van der Waals surface area contributed by atoms with E-state index < -0.39 is 10.8 Å². The molecule has 0 saturated heterocycles. The highest BCUT2D eigenvalue weighted by Crippen LogP contribution is 2.15. The summed E-state index contributed by atoms with van der Waals surface area (Å²) >= 11 is 5.84. The highest BCUT2D eigenvalue weighted by molar-refractivity contribution is 6.30. The Labute approximate surface area is 140 Å². The molecular weight excluding hydrogens is 336 g/mol. The van der Waals surface area contributed by atoms with Gasteiger partial charge in [-0.3, -0.25) is 20.0 Å². The molecule has 1 aromatic carbocycles. The van der Waals surface area contributed by atoms with E-state index in [1.807, 2.05) is 12.1 Å². The summed E-state index contributed by atoms with van der Waals surface area (Å²) in [7, 11) is 0. The van der Waals surface area contributed by atoms with Crippen molar-refractivity contribution in [3.05, 3.63) is 69.3 Å². The van der Waals surface area contributed by atoms with Gasteiger partial charge in [-0.2, -0.15) is 10.2 Å². The number of carbonyl (C=O) groups excluding carboxylic acids is 1. The summed E-state index contributed by atoms with van der Waals surface area (Å²) in [5.41, 5.74) is 0.996. The van der Waals surface area contributed by atoms with Gasteiger partial charge in [-0.05, 0) is 24.3 Å². The first-order valence-corrected chi connectivity index (χ1v) is 7.18. The number of nitrogens with zero attached hydrogens (tertiary/aromatic N) is 4.